The molecule has 2 rings (SSSR count). The highest BCUT2D eigenvalue weighted by Gasteiger charge is 2.19. The minimum Gasteiger partial charge on any atom is -0.338 e. The van der Waals surface area contributed by atoms with Gasteiger partial charge in [-0.25, -0.2) is 4.79 Å². The van der Waals surface area contributed by atoms with Crippen LogP contribution in [0.15, 0.2) is 30.3 Å². The molecule has 1 aromatic heterocycles. The van der Waals surface area contributed by atoms with Crippen molar-refractivity contribution in [1.82, 2.24) is 20.4 Å². The first-order valence-electron chi connectivity index (χ1n) is 8.78. The first-order chi connectivity index (χ1) is 12.5. The second-order valence-corrected chi connectivity index (χ2v) is 6.84. The van der Waals surface area contributed by atoms with Gasteiger partial charge in [0, 0.05) is 31.1 Å². The molecular formula is C18H25N5O2S. The Morgan fingerprint density at radius 1 is 1.19 bits per heavy atom. The number of nitrogens with zero attached hydrogens (tertiary/aromatic N) is 3. The fourth-order valence-corrected chi connectivity index (χ4v) is 3.14. The molecule has 0 aliphatic rings. The van der Waals surface area contributed by atoms with Crippen molar-refractivity contribution in [2.45, 2.75) is 39.7 Å². The van der Waals surface area contributed by atoms with Gasteiger partial charge >= 0.3 is 6.03 Å². The van der Waals surface area contributed by atoms with Gasteiger partial charge in [0.2, 0.25) is 11.0 Å². The van der Waals surface area contributed by atoms with Crippen LogP contribution < -0.4 is 10.6 Å². The van der Waals surface area contributed by atoms with Crippen LogP contribution in [0.5, 0.6) is 0 Å². The molecular weight excluding hydrogens is 350 g/mol. The normalized spacial score (nSPS) is 11.7. The summed E-state index contributed by atoms with van der Waals surface area (Å²) >= 11 is 1.33. The summed E-state index contributed by atoms with van der Waals surface area (Å²) in [6, 6.07) is 9.62. The molecule has 2 N–H and O–H groups in total. The highest BCUT2D eigenvalue weighted by molar-refractivity contribution is 7.18. The molecule has 7 nitrogen and oxygen atoms in total. The highest BCUT2D eigenvalue weighted by Crippen LogP contribution is 2.25. The average Bonchev–Trinajstić information content (AvgIpc) is 3.11. The number of benzene rings is 1. The number of aromatic nitrogens is 2. The summed E-state index contributed by atoms with van der Waals surface area (Å²) in [7, 11) is 0. The number of hydrogen-bond acceptors (Lipinski definition) is 5. The summed E-state index contributed by atoms with van der Waals surface area (Å²) in [6.07, 6.45) is 1.04. The third-order valence-corrected chi connectivity index (χ3v) is 4.87. The predicted octanol–water partition coefficient (Wildman–Crippen LogP) is 3.36. The fraction of sp³-hybridized carbons (Fsp3) is 0.444. The van der Waals surface area contributed by atoms with Crippen LogP contribution >= 0.6 is 11.3 Å². The average molecular weight is 375 g/mol. The number of rotatable bonds is 8. The Balaban J connectivity index is 1.91. The van der Waals surface area contributed by atoms with Crippen molar-refractivity contribution in [3.8, 4) is 10.6 Å². The molecule has 1 unspecified atom stereocenters. The Hall–Kier alpha value is -2.48. The minimum absolute atomic E-state index is 0.0700. The first kappa shape index (κ1) is 19.8. The maximum atomic E-state index is 12.2. The molecule has 1 atom stereocenters. The van der Waals surface area contributed by atoms with E-state index in [2.05, 4.69) is 20.8 Å². The molecule has 0 aliphatic heterocycles. The number of urea groups is 1. The zero-order valence-electron chi connectivity index (χ0n) is 15.4. The number of amides is 3. The van der Waals surface area contributed by atoms with Gasteiger partial charge in [0.05, 0.1) is 0 Å². The van der Waals surface area contributed by atoms with E-state index in [9.17, 15) is 9.59 Å². The second-order valence-electron chi connectivity index (χ2n) is 5.86. The van der Waals surface area contributed by atoms with Gasteiger partial charge in [0.25, 0.3) is 0 Å². The van der Waals surface area contributed by atoms with Gasteiger partial charge in [-0.2, -0.15) is 0 Å². The van der Waals surface area contributed by atoms with Crippen molar-refractivity contribution in [1.29, 1.82) is 0 Å². The van der Waals surface area contributed by atoms with E-state index in [1.807, 2.05) is 51.1 Å². The summed E-state index contributed by atoms with van der Waals surface area (Å²) in [6.45, 7) is 6.79. The molecule has 0 aliphatic carbocycles. The third-order valence-electron chi connectivity index (χ3n) is 3.98. The molecule has 1 heterocycles. The summed E-state index contributed by atoms with van der Waals surface area (Å²) in [4.78, 5) is 26.1. The van der Waals surface area contributed by atoms with Crippen molar-refractivity contribution in [3.63, 3.8) is 0 Å². The van der Waals surface area contributed by atoms with Gasteiger partial charge in [-0.15, -0.1) is 10.2 Å². The number of hydrogen-bond donors (Lipinski definition) is 2. The lowest BCUT2D eigenvalue weighted by atomic mass is 10.2. The molecule has 0 saturated heterocycles. The maximum Gasteiger partial charge on any atom is 0.317 e. The monoisotopic (exact) mass is 375 g/mol. The minimum atomic E-state index is -0.182. The Morgan fingerprint density at radius 2 is 1.92 bits per heavy atom. The van der Waals surface area contributed by atoms with Crippen molar-refractivity contribution in [2.75, 3.05) is 18.4 Å². The van der Waals surface area contributed by atoms with E-state index >= 15 is 0 Å². The van der Waals surface area contributed by atoms with Crippen molar-refractivity contribution in [2.24, 2.45) is 0 Å². The van der Waals surface area contributed by atoms with Crippen LogP contribution in [0, 0.1) is 0 Å². The Kier molecular flexibility index (Phi) is 7.53. The van der Waals surface area contributed by atoms with Gasteiger partial charge in [-0.3, -0.25) is 4.79 Å². The molecule has 26 heavy (non-hydrogen) atoms. The van der Waals surface area contributed by atoms with Gasteiger partial charge in [-0.1, -0.05) is 48.6 Å². The predicted molar refractivity (Wildman–Crippen MR) is 104 cm³/mol. The zero-order valence-corrected chi connectivity index (χ0v) is 16.2. The van der Waals surface area contributed by atoms with E-state index in [-0.39, 0.29) is 24.4 Å². The molecule has 0 radical (unpaired) electrons. The van der Waals surface area contributed by atoms with Gasteiger partial charge in [-0.05, 0) is 20.3 Å². The maximum absolute atomic E-state index is 12.2. The molecule has 0 bridgehead atoms. The summed E-state index contributed by atoms with van der Waals surface area (Å²) in [5.74, 6) is -0.182. The van der Waals surface area contributed by atoms with E-state index in [1.165, 1.54) is 11.3 Å². The van der Waals surface area contributed by atoms with Crippen molar-refractivity contribution >= 4 is 28.4 Å². The van der Waals surface area contributed by atoms with Gasteiger partial charge < -0.3 is 15.5 Å². The molecule has 0 spiro atoms. The van der Waals surface area contributed by atoms with E-state index in [1.54, 1.807) is 4.90 Å². The lowest BCUT2D eigenvalue weighted by Crippen LogP contribution is -2.46. The van der Waals surface area contributed by atoms with Crippen molar-refractivity contribution < 1.29 is 9.59 Å². The van der Waals surface area contributed by atoms with Gasteiger partial charge in [0.15, 0.2) is 0 Å². The number of nitrogens with one attached hydrogen (secondary N) is 2. The quantitative estimate of drug-likeness (QED) is 0.740. The zero-order chi connectivity index (χ0) is 18.9. The van der Waals surface area contributed by atoms with Crippen molar-refractivity contribution in [3.05, 3.63) is 30.3 Å². The SMILES string of the molecule is CCNC(=O)N(CCC(=O)Nc1nnc(-c2ccccc2)s1)C(C)CC. The van der Waals surface area contributed by atoms with Crippen LogP contribution in [0.2, 0.25) is 0 Å². The van der Waals surface area contributed by atoms with E-state index in [0.717, 1.165) is 17.0 Å². The van der Waals surface area contributed by atoms with Gasteiger partial charge in [0.1, 0.15) is 5.01 Å². The van der Waals surface area contributed by atoms with Crippen LogP contribution in [0.4, 0.5) is 9.93 Å². The van der Waals surface area contributed by atoms with E-state index < -0.39 is 0 Å². The highest BCUT2D eigenvalue weighted by atomic mass is 32.1. The fourth-order valence-electron chi connectivity index (χ4n) is 2.37. The molecule has 3 amide bonds. The number of anilines is 1. The second kappa shape index (κ2) is 9.86. The standard InChI is InChI=1S/C18H25N5O2S/c1-4-13(3)23(18(25)19-5-2)12-11-15(24)20-17-22-21-16(26-17)14-9-7-6-8-10-14/h6-10,13H,4-5,11-12H2,1-3H3,(H,19,25)(H,20,22,24). The van der Waals surface area contributed by atoms with Crippen LogP contribution in [-0.4, -0.2) is 46.2 Å². The molecule has 0 saturated carbocycles. The lowest BCUT2D eigenvalue weighted by molar-refractivity contribution is -0.116. The molecule has 8 heteroatoms. The molecule has 1 aromatic carbocycles. The number of carbonyl (C=O) groups is 2. The van der Waals surface area contributed by atoms with Crippen LogP contribution in [0.1, 0.15) is 33.6 Å². The third kappa shape index (κ3) is 5.52. The van der Waals surface area contributed by atoms with E-state index in [0.29, 0.717) is 18.2 Å². The van der Waals surface area contributed by atoms with Crippen LogP contribution in [-0.2, 0) is 4.79 Å². The smallest absolute Gasteiger partial charge is 0.317 e. The summed E-state index contributed by atoms with van der Waals surface area (Å²) in [5, 5.41) is 14.9. The van der Waals surface area contributed by atoms with Crippen LogP contribution in [0.3, 0.4) is 0 Å². The molecule has 140 valence electrons. The Labute approximate surface area is 157 Å². The topological polar surface area (TPSA) is 87.2 Å². The van der Waals surface area contributed by atoms with E-state index in [4.69, 9.17) is 0 Å². The summed E-state index contributed by atoms with van der Waals surface area (Å²) < 4.78 is 0. The number of carbonyl (C=O) groups excluding carboxylic acids is 2. The largest absolute Gasteiger partial charge is 0.338 e. The molecule has 0 fully saturated rings. The lowest BCUT2D eigenvalue weighted by Gasteiger charge is -2.28. The Morgan fingerprint density at radius 3 is 2.58 bits per heavy atom. The summed E-state index contributed by atoms with van der Waals surface area (Å²) in [5.41, 5.74) is 0.963. The molecule has 2 aromatic rings. The Bertz CT molecular complexity index is 719. The van der Waals surface area contributed by atoms with Crippen LogP contribution in [0.25, 0.3) is 10.6 Å². The first-order valence-corrected chi connectivity index (χ1v) is 9.60.